The zero-order valence-corrected chi connectivity index (χ0v) is 13.6. The zero-order chi connectivity index (χ0) is 15.0. The fourth-order valence-corrected chi connectivity index (χ4v) is 2.88. The van der Waals surface area contributed by atoms with Gasteiger partial charge in [0.25, 0.3) is 0 Å². The molecular formula is C16H25NO2S. The van der Waals surface area contributed by atoms with Gasteiger partial charge in [-0.3, -0.25) is 4.79 Å². The van der Waals surface area contributed by atoms with Crippen molar-refractivity contribution < 1.29 is 9.53 Å². The lowest BCUT2D eigenvalue weighted by molar-refractivity contribution is -0.139. The summed E-state index contributed by atoms with van der Waals surface area (Å²) in [6, 6.07) is 8.96. The number of ether oxygens (including phenoxy) is 1. The fourth-order valence-electron chi connectivity index (χ4n) is 1.92. The molecule has 1 aromatic carbocycles. The largest absolute Gasteiger partial charge is 0.465 e. The summed E-state index contributed by atoms with van der Waals surface area (Å²) in [6.07, 6.45) is 0. The summed E-state index contributed by atoms with van der Waals surface area (Å²) >= 11 is 1.60. The van der Waals surface area contributed by atoms with Crippen LogP contribution in [0.1, 0.15) is 43.9 Å². The van der Waals surface area contributed by atoms with Crippen LogP contribution in [0.4, 0.5) is 0 Å². The molecule has 3 nitrogen and oxygen atoms in total. The minimum atomic E-state index is -0.137. The van der Waals surface area contributed by atoms with Crippen molar-refractivity contribution in [1.29, 1.82) is 0 Å². The maximum Gasteiger partial charge on any atom is 0.315 e. The molecule has 0 aliphatic rings. The molecular weight excluding hydrogens is 270 g/mol. The Balaban J connectivity index is 2.51. The highest BCUT2D eigenvalue weighted by Crippen LogP contribution is 2.21. The van der Waals surface area contributed by atoms with Crippen LogP contribution in [0.2, 0.25) is 0 Å². The average molecular weight is 295 g/mol. The van der Waals surface area contributed by atoms with Gasteiger partial charge in [-0.1, -0.05) is 38.1 Å². The Bertz CT molecular complexity index is 403. The van der Waals surface area contributed by atoms with Gasteiger partial charge in [-0.05, 0) is 31.0 Å². The number of rotatable bonds is 8. The molecule has 1 atom stereocenters. The monoisotopic (exact) mass is 295 g/mol. The lowest BCUT2D eigenvalue weighted by Crippen LogP contribution is -2.20. The molecule has 1 aromatic rings. The van der Waals surface area contributed by atoms with Gasteiger partial charge in [-0.2, -0.15) is 0 Å². The van der Waals surface area contributed by atoms with Crippen LogP contribution in [0, 0.1) is 0 Å². The van der Waals surface area contributed by atoms with Gasteiger partial charge in [0.05, 0.1) is 12.4 Å². The van der Waals surface area contributed by atoms with E-state index in [4.69, 9.17) is 4.74 Å². The Morgan fingerprint density at radius 2 is 1.85 bits per heavy atom. The number of thioether (sulfide) groups is 1. The van der Waals surface area contributed by atoms with Crippen LogP contribution < -0.4 is 5.32 Å². The Hall–Kier alpha value is -1.00. The van der Waals surface area contributed by atoms with E-state index in [1.54, 1.807) is 11.8 Å². The molecule has 0 bridgehead atoms. The first-order valence-electron chi connectivity index (χ1n) is 7.09. The highest BCUT2D eigenvalue weighted by Gasteiger charge is 2.11. The van der Waals surface area contributed by atoms with Crippen molar-refractivity contribution in [2.24, 2.45) is 0 Å². The topological polar surface area (TPSA) is 38.3 Å². The lowest BCUT2D eigenvalue weighted by Gasteiger charge is -2.17. The average Bonchev–Trinajstić information content (AvgIpc) is 2.44. The normalized spacial score (nSPS) is 12.4. The number of esters is 1. The first-order valence-corrected chi connectivity index (χ1v) is 8.24. The second kappa shape index (κ2) is 9.03. The Kier molecular flexibility index (Phi) is 7.70. The van der Waals surface area contributed by atoms with E-state index < -0.39 is 0 Å². The SMILES string of the molecule is CCOC(=O)CSCC(NC)c1ccc(C(C)C)cc1. The van der Waals surface area contributed by atoms with Gasteiger partial charge in [0.1, 0.15) is 0 Å². The molecule has 0 aliphatic carbocycles. The van der Waals surface area contributed by atoms with Crippen molar-refractivity contribution in [3.8, 4) is 0 Å². The molecule has 0 aliphatic heterocycles. The summed E-state index contributed by atoms with van der Waals surface area (Å²) in [5.41, 5.74) is 2.61. The second-order valence-electron chi connectivity index (χ2n) is 4.98. The smallest absolute Gasteiger partial charge is 0.315 e. The maximum atomic E-state index is 11.3. The Morgan fingerprint density at radius 1 is 1.25 bits per heavy atom. The predicted octanol–water partition coefficient (Wildman–Crippen LogP) is 3.37. The molecule has 0 saturated carbocycles. The van der Waals surface area contributed by atoms with Gasteiger partial charge in [0.15, 0.2) is 0 Å². The number of carbonyl (C=O) groups is 1. The van der Waals surface area contributed by atoms with E-state index in [0.29, 0.717) is 18.3 Å². The van der Waals surface area contributed by atoms with E-state index in [2.05, 4.69) is 43.4 Å². The van der Waals surface area contributed by atoms with Crippen molar-refractivity contribution in [2.75, 3.05) is 25.2 Å². The molecule has 1 rings (SSSR count). The zero-order valence-electron chi connectivity index (χ0n) is 12.8. The number of nitrogens with one attached hydrogen (secondary N) is 1. The summed E-state index contributed by atoms with van der Waals surface area (Å²) in [5.74, 6) is 1.68. The molecule has 0 fully saturated rings. The number of carbonyl (C=O) groups excluding carboxylic acids is 1. The minimum Gasteiger partial charge on any atom is -0.465 e. The molecule has 20 heavy (non-hydrogen) atoms. The summed E-state index contributed by atoms with van der Waals surface area (Å²) in [6.45, 7) is 6.67. The molecule has 1 N–H and O–H groups in total. The molecule has 1 unspecified atom stereocenters. The molecule has 4 heteroatoms. The van der Waals surface area contributed by atoms with E-state index in [-0.39, 0.29) is 12.0 Å². The third kappa shape index (κ3) is 5.55. The first kappa shape index (κ1) is 17.1. The quantitative estimate of drug-likeness (QED) is 0.746. The Morgan fingerprint density at radius 3 is 2.35 bits per heavy atom. The van der Waals surface area contributed by atoms with E-state index in [9.17, 15) is 4.79 Å². The summed E-state index contributed by atoms with van der Waals surface area (Å²) in [7, 11) is 1.95. The maximum absolute atomic E-state index is 11.3. The van der Waals surface area contributed by atoms with E-state index in [0.717, 1.165) is 5.75 Å². The van der Waals surface area contributed by atoms with Gasteiger partial charge in [0.2, 0.25) is 0 Å². The van der Waals surface area contributed by atoms with Crippen molar-refractivity contribution in [1.82, 2.24) is 5.32 Å². The molecule has 0 aromatic heterocycles. The van der Waals surface area contributed by atoms with Crippen molar-refractivity contribution >= 4 is 17.7 Å². The molecule has 0 spiro atoms. The standard InChI is InChI=1S/C16H25NO2S/c1-5-19-16(18)11-20-10-15(17-4)14-8-6-13(7-9-14)12(2)3/h6-9,12,15,17H,5,10-11H2,1-4H3. The van der Waals surface area contributed by atoms with Crippen LogP contribution in [0.5, 0.6) is 0 Å². The molecule has 0 saturated heterocycles. The minimum absolute atomic E-state index is 0.137. The highest BCUT2D eigenvalue weighted by atomic mass is 32.2. The number of benzene rings is 1. The van der Waals surface area contributed by atoms with Gasteiger partial charge in [-0.15, -0.1) is 11.8 Å². The Labute approximate surface area is 126 Å². The molecule has 0 heterocycles. The number of hydrogen-bond acceptors (Lipinski definition) is 4. The molecule has 0 amide bonds. The summed E-state index contributed by atoms with van der Waals surface area (Å²) in [5, 5.41) is 3.30. The van der Waals surface area contributed by atoms with E-state index in [1.807, 2.05) is 14.0 Å². The summed E-state index contributed by atoms with van der Waals surface area (Å²) in [4.78, 5) is 11.3. The first-order chi connectivity index (χ1) is 9.58. The van der Waals surface area contributed by atoms with Crippen LogP contribution in [0.25, 0.3) is 0 Å². The lowest BCUT2D eigenvalue weighted by atomic mass is 10.00. The fraction of sp³-hybridized carbons (Fsp3) is 0.562. The molecule has 112 valence electrons. The van der Waals surface area contributed by atoms with Crippen LogP contribution >= 0.6 is 11.8 Å². The van der Waals surface area contributed by atoms with Crippen molar-refractivity contribution in [2.45, 2.75) is 32.7 Å². The van der Waals surface area contributed by atoms with E-state index >= 15 is 0 Å². The van der Waals surface area contributed by atoms with Gasteiger partial charge >= 0.3 is 5.97 Å². The van der Waals surface area contributed by atoms with Gasteiger partial charge in [-0.25, -0.2) is 0 Å². The van der Waals surface area contributed by atoms with Crippen molar-refractivity contribution in [3.05, 3.63) is 35.4 Å². The summed E-state index contributed by atoms with van der Waals surface area (Å²) < 4.78 is 4.92. The second-order valence-corrected chi connectivity index (χ2v) is 6.01. The number of hydrogen-bond donors (Lipinski definition) is 1. The van der Waals surface area contributed by atoms with E-state index in [1.165, 1.54) is 11.1 Å². The van der Waals surface area contributed by atoms with Crippen LogP contribution in [0.3, 0.4) is 0 Å². The molecule has 0 radical (unpaired) electrons. The van der Waals surface area contributed by atoms with Gasteiger partial charge in [0, 0.05) is 11.8 Å². The van der Waals surface area contributed by atoms with Crippen molar-refractivity contribution in [3.63, 3.8) is 0 Å². The predicted molar refractivity (Wildman–Crippen MR) is 86.3 cm³/mol. The van der Waals surface area contributed by atoms with Crippen LogP contribution in [-0.4, -0.2) is 31.1 Å². The van der Waals surface area contributed by atoms with Crippen LogP contribution in [0.15, 0.2) is 24.3 Å². The van der Waals surface area contributed by atoms with Crippen LogP contribution in [-0.2, 0) is 9.53 Å². The third-order valence-corrected chi connectivity index (χ3v) is 4.17. The highest BCUT2D eigenvalue weighted by molar-refractivity contribution is 7.99. The third-order valence-electron chi connectivity index (χ3n) is 3.16. The van der Waals surface area contributed by atoms with Gasteiger partial charge < -0.3 is 10.1 Å².